The summed E-state index contributed by atoms with van der Waals surface area (Å²) in [5, 5.41) is 2.75. The number of hydrogen-bond donors (Lipinski definition) is 1. The zero-order valence-corrected chi connectivity index (χ0v) is 11.9. The van der Waals surface area contributed by atoms with Crippen LogP contribution in [0.1, 0.15) is 32.0 Å². The molecule has 0 aromatic carbocycles. The summed E-state index contributed by atoms with van der Waals surface area (Å²) in [5.74, 6) is 0. The average Bonchev–Trinajstić information content (AvgIpc) is 2.48. The lowest BCUT2D eigenvalue weighted by atomic mass is 10.1. The molecule has 1 aromatic heterocycles. The van der Waals surface area contributed by atoms with E-state index >= 15 is 0 Å². The van der Waals surface area contributed by atoms with Gasteiger partial charge in [-0.15, -0.1) is 0 Å². The van der Waals surface area contributed by atoms with Crippen molar-refractivity contribution in [2.45, 2.75) is 39.2 Å². The third-order valence-corrected chi connectivity index (χ3v) is 3.20. The van der Waals surface area contributed by atoms with Crippen molar-refractivity contribution in [2.24, 2.45) is 7.05 Å². The Bertz CT molecular complexity index is 536. The molecule has 0 bridgehead atoms. The minimum atomic E-state index is -0.492. The Morgan fingerprint density at radius 3 is 2.53 bits per heavy atom. The first-order valence-corrected chi connectivity index (χ1v) is 6.52. The highest BCUT2D eigenvalue weighted by atomic mass is 16.6. The molecule has 0 spiro atoms. The zero-order chi connectivity index (χ0) is 14.2. The van der Waals surface area contributed by atoms with Gasteiger partial charge in [-0.05, 0) is 27.2 Å². The monoisotopic (exact) mass is 267 g/mol. The van der Waals surface area contributed by atoms with Crippen molar-refractivity contribution in [1.82, 2.24) is 14.7 Å². The van der Waals surface area contributed by atoms with Crippen LogP contribution in [-0.2, 0) is 24.6 Å². The van der Waals surface area contributed by atoms with Gasteiger partial charge in [-0.1, -0.05) is 0 Å². The number of fused-ring (bicyclic) bond motifs is 1. The highest BCUT2D eigenvalue weighted by Gasteiger charge is 2.26. The molecule has 0 saturated carbocycles. The van der Waals surface area contributed by atoms with Gasteiger partial charge in [0.2, 0.25) is 0 Å². The summed E-state index contributed by atoms with van der Waals surface area (Å²) in [6.07, 6.45) is 0.936. The predicted octanol–water partition coefficient (Wildman–Crippen LogP) is 1.05. The fourth-order valence-electron chi connectivity index (χ4n) is 2.31. The van der Waals surface area contributed by atoms with Crippen molar-refractivity contribution in [1.29, 1.82) is 0 Å². The number of amides is 1. The maximum Gasteiger partial charge on any atom is 0.410 e. The number of hydrogen-bond acceptors (Lipinski definition) is 3. The molecule has 19 heavy (non-hydrogen) atoms. The number of aryl methyl sites for hydroxylation is 1. The number of nitrogens with zero attached hydrogens (tertiary/aromatic N) is 2. The first-order valence-electron chi connectivity index (χ1n) is 6.52. The second kappa shape index (κ2) is 4.75. The number of nitrogens with one attached hydrogen (secondary N) is 1. The van der Waals surface area contributed by atoms with E-state index in [1.807, 2.05) is 27.8 Å². The molecule has 1 aromatic rings. The lowest BCUT2D eigenvalue weighted by Crippen LogP contribution is -2.38. The fourth-order valence-corrected chi connectivity index (χ4v) is 2.31. The van der Waals surface area contributed by atoms with E-state index in [2.05, 4.69) is 5.10 Å². The summed E-state index contributed by atoms with van der Waals surface area (Å²) < 4.78 is 7.11. The van der Waals surface area contributed by atoms with Crippen molar-refractivity contribution in [3.8, 4) is 0 Å². The largest absolute Gasteiger partial charge is 0.444 e. The van der Waals surface area contributed by atoms with E-state index in [1.165, 1.54) is 0 Å². The molecular formula is C13H21N3O3. The van der Waals surface area contributed by atoms with E-state index in [4.69, 9.17) is 4.74 Å². The Hall–Kier alpha value is -1.72. The molecular weight excluding hydrogens is 246 g/mol. The lowest BCUT2D eigenvalue weighted by molar-refractivity contribution is 0.0258. The molecule has 0 fully saturated rings. The maximum absolute atomic E-state index is 12.0. The SMILES string of the molecule is Cn1[nH]c(=O)c2c1CCN(C(=O)OC(C)(C)C)CC2. The van der Waals surface area contributed by atoms with Gasteiger partial charge < -0.3 is 9.64 Å². The quantitative estimate of drug-likeness (QED) is 0.764. The summed E-state index contributed by atoms with van der Waals surface area (Å²) in [6, 6.07) is 0. The van der Waals surface area contributed by atoms with Crippen LogP contribution in [-0.4, -0.2) is 39.5 Å². The number of carbonyl (C=O) groups is 1. The van der Waals surface area contributed by atoms with Gasteiger partial charge in [0.1, 0.15) is 5.60 Å². The van der Waals surface area contributed by atoms with Crippen molar-refractivity contribution in [3.63, 3.8) is 0 Å². The molecule has 2 heterocycles. The van der Waals surface area contributed by atoms with Gasteiger partial charge in [-0.25, -0.2) is 4.79 Å². The number of rotatable bonds is 0. The van der Waals surface area contributed by atoms with Gasteiger partial charge in [0.05, 0.1) is 0 Å². The smallest absolute Gasteiger partial charge is 0.410 e. The van der Waals surface area contributed by atoms with Crippen molar-refractivity contribution < 1.29 is 9.53 Å². The Morgan fingerprint density at radius 2 is 1.89 bits per heavy atom. The second-order valence-corrected chi connectivity index (χ2v) is 5.89. The number of aromatic nitrogens is 2. The van der Waals surface area contributed by atoms with Gasteiger partial charge in [0.15, 0.2) is 0 Å². The van der Waals surface area contributed by atoms with Crippen LogP contribution in [0.2, 0.25) is 0 Å². The minimum absolute atomic E-state index is 0.0523. The van der Waals surface area contributed by atoms with Crippen LogP contribution in [0, 0.1) is 0 Å². The van der Waals surface area contributed by atoms with Crippen molar-refractivity contribution in [3.05, 3.63) is 21.6 Å². The van der Waals surface area contributed by atoms with Crippen LogP contribution >= 0.6 is 0 Å². The number of H-pyrrole nitrogens is 1. The van der Waals surface area contributed by atoms with Gasteiger partial charge in [0.25, 0.3) is 5.56 Å². The highest BCUT2D eigenvalue weighted by Crippen LogP contribution is 2.15. The van der Waals surface area contributed by atoms with Crippen LogP contribution in [0.5, 0.6) is 0 Å². The predicted molar refractivity (Wildman–Crippen MR) is 71.2 cm³/mol. The van der Waals surface area contributed by atoms with Crippen molar-refractivity contribution >= 4 is 6.09 Å². The third kappa shape index (κ3) is 3.00. The van der Waals surface area contributed by atoms with E-state index in [0.717, 1.165) is 11.3 Å². The summed E-state index contributed by atoms with van der Waals surface area (Å²) in [5.41, 5.74) is 1.22. The van der Waals surface area contributed by atoms with Crippen LogP contribution < -0.4 is 5.56 Å². The molecule has 0 radical (unpaired) electrons. The van der Waals surface area contributed by atoms with E-state index in [1.54, 1.807) is 9.58 Å². The van der Waals surface area contributed by atoms with Gasteiger partial charge in [-0.3, -0.25) is 14.6 Å². The number of carbonyl (C=O) groups excluding carboxylic acids is 1. The number of ether oxygens (including phenoxy) is 1. The van der Waals surface area contributed by atoms with E-state index in [9.17, 15) is 9.59 Å². The van der Waals surface area contributed by atoms with Crippen LogP contribution in [0.3, 0.4) is 0 Å². The Kier molecular flexibility index (Phi) is 3.43. The molecule has 0 saturated heterocycles. The third-order valence-electron chi connectivity index (χ3n) is 3.20. The summed E-state index contributed by atoms with van der Waals surface area (Å²) in [6.45, 7) is 6.65. The van der Waals surface area contributed by atoms with E-state index in [0.29, 0.717) is 25.9 Å². The Morgan fingerprint density at radius 1 is 1.26 bits per heavy atom. The molecule has 6 nitrogen and oxygen atoms in total. The second-order valence-electron chi connectivity index (χ2n) is 5.89. The maximum atomic E-state index is 12.0. The van der Waals surface area contributed by atoms with Crippen LogP contribution in [0.4, 0.5) is 4.79 Å². The summed E-state index contributed by atoms with van der Waals surface area (Å²) in [4.78, 5) is 25.4. The van der Waals surface area contributed by atoms with Crippen molar-refractivity contribution in [2.75, 3.05) is 13.1 Å². The molecule has 0 aliphatic carbocycles. The van der Waals surface area contributed by atoms with E-state index in [-0.39, 0.29) is 11.7 Å². The van der Waals surface area contributed by atoms with Gasteiger partial charge in [-0.2, -0.15) is 0 Å². The Balaban J connectivity index is 2.10. The molecule has 1 amide bonds. The summed E-state index contributed by atoms with van der Waals surface area (Å²) >= 11 is 0. The molecule has 2 rings (SSSR count). The van der Waals surface area contributed by atoms with Gasteiger partial charge in [0, 0.05) is 37.8 Å². The number of aromatic amines is 1. The molecule has 6 heteroatoms. The lowest BCUT2D eigenvalue weighted by Gasteiger charge is -2.26. The standard InChI is InChI=1S/C13H21N3O3/c1-13(2,3)19-12(18)16-7-5-9-10(6-8-16)15(4)14-11(9)17/h5-8H2,1-4H3,(H,14,17). The average molecular weight is 267 g/mol. The molecule has 106 valence electrons. The topological polar surface area (TPSA) is 67.3 Å². The molecule has 1 aliphatic heterocycles. The van der Waals surface area contributed by atoms with Gasteiger partial charge >= 0.3 is 6.09 Å². The van der Waals surface area contributed by atoms with E-state index < -0.39 is 5.60 Å². The first-order chi connectivity index (χ1) is 8.78. The fraction of sp³-hybridized carbons (Fsp3) is 0.692. The first kappa shape index (κ1) is 13.7. The van der Waals surface area contributed by atoms with Crippen LogP contribution in [0.15, 0.2) is 4.79 Å². The zero-order valence-electron chi connectivity index (χ0n) is 11.9. The normalized spacial score (nSPS) is 15.9. The minimum Gasteiger partial charge on any atom is -0.444 e. The molecule has 1 N–H and O–H groups in total. The highest BCUT2D eigenvalue weighted by molar-refractivity contribution is 5.68. The van der Waals surface area contributed by atoms with Crippen LogP contribution in [0.25, 0.3) is 0 Å². The Labute approximate surface area is 112 Å². The molecule has 0 unspecified atom stereocenters. The molecule has 1 aliphatic rings. The summed E-state index contributed by atoms with van der Waals surface area (Å²) in [7, 11) is 1.82. The molecule has 0 atom stereocenters.